The number of hydrogen-bond donors (Lipinski definition) is 1. The summed E-state index contributed by atoms with van der Waals surface area (Å²) in [5.74, 6) is -0.197. The van der Waals surface area contributed by atoms with Crippen molar-refractivity contribution in [3.8, 4) is 0 Å². The Morgan fingerprint density at radius 1 is 1.05 bits per heavy atom. The third-order valence-corrected chi connectivity index (χ3v) is 9.81. The summed E-state index contributed by atoms with van der Waals surface area (Å²) < 4.78 is 4.15. The van der Waals surface area contributed by atoms with Crippen LogP contribution < -0.4 is 5.32 Å². The lowest BCUT2D eigenvalue weighted by Crippen LogP contribution is -2.64. The fraction of sp³-hybridized carbons (Fsp3) is 0.355. The van der Waals surface area contributed by atoms with Crippen LogP contribution in [0.1, 0.15) is 65.5 Å². The van der Waals surface area contributed by atoms with Gasteiger partial charge in [0.2, 0.25) is 0 Å². The SMILES string of the molecule is CCc1cc2c(cc3n2CC(C(=O)NC2CCCCC2)(c2ccccc2)N(Cc2cccc(Br)c2)C3=O)s1. The zero-order valence-corrected chi connectivity index (χ0v) is 24.0. The molecule has 2 aromatic carbocycles. The molecule has 7 heteroatoms. The van der Waals surface area contributed by atoms with Gasteiger partial charge in [0.05, 0.1) is 16.8 Å². The van der Waals surface area contributed by atoms with Crippen LogP contribution in [0.4, 0.5) is 0 Å². The summed E-state index contributed by atoms with van der Waals surface area (Å²) >= 11 is 5.32. The van der Waals surface area contributed by atoms with E-state index in [0.717, 1.165) is 57.9 Å². The van der Waals surface area contributed by atoms with Crippen molar-refractivity contribution in [1.82, 2.24) is 14.8 Å². The largest absolute Gasteiger partial charge is 0.351 e. The second-order valence-electron chi connectivity index (χ2n) is 10.5. The number of halogens is 1. The summed E-state index contributed by atoms with van der Waals surface area (Å²) in [5.41, 5.74) is 2.35. The standard InChI is InChI=1S/C31H32BrN3O2S/c1-2-25-17-26-28(38-25)18-27-29(36)35(19-21-10-9-13-23(32)16-21)31(20-34(26)27,22-11-5-3-6-12-22)30(37)33-24-14-7-4-8-15-24/h3,5-6,9-13,16-18,24H,2,4,7-8,14-15,19-20H2,1H3,(H,33,37). The number of carbonyl (C=O) groups excluding carboxylic acids is 2. The van der Waals surface area contributed by atoms with Crippen LogP contribution in [-0.4, -0.2) is 27.3 Å². The monoisotopic (exact) mass is 589 g/mol. The third-order valence-electron chi connectivity index (χ3n) is 8.10. The molecule has 1 saturated carbocycles. The highest BCUT2D eigenvalue weighted by Gasteiger charge is 2.53. The van der Waals surface area contributed by atoms with Gasteiger partial charge in [0.25, 0.3) is 11.8 Å². The second-order valence-corrected chi connectivity index (χ2v) is 12.6. The molecular weight excluding hydrogens is 558 g/mol. The van der Waals surface area contributed by atoms with Gasteiger partial charge < -0.3 is 14.8 Å². The van der Waals surface area contributed by atoms with Crippen molar-refractivity contribution in [2.24, 2.45) is 0 Å². The number of hydrogen-bond acceptors (Lipinski definition) is 3. The Morgan fingerprint density at radius 3 is 2.58 bits per heavy atom. The molecule has 1 unspecified atom stereocenters. The highest BCUT2D eigenvalue weighted by atomic mass is 79.9. The van der Waals surface area contributed by atoms with Gasteiger partial charge in [-0.25, -0.2) is 0 Å². The molecule has 0 bridgehead atoms. The fourth-order valence-corrected chi connectivity index (χ4v) is 7.59. The van der Waals surface area contributed by atoms with Crippen LogP contribution >= 0.6 is 27.3 Å². The molecule has 0 spiro atoms. The molecule has 2 aliphatic rings. The molecule has 1 aliphatic heterocycles. The number of nitrogens with zero attached hydrogens (tertiary/aromatic N) is 2. The predicted octanol–water partition coefficient (Wildman–Crippen LogP) is 7.03. The molecule has 2 aromatic heterocycles. The van der Waals surface area contributed by atoms with Crippen LogP contribution in [0.2, 0.25) is 0 Å². The lowest BCUT2D eigenvalue weighted by Gasteiger charge is -2.47. The molecule has 2 amide bonds. The van der Waals surface area contributed by atoms with E-state index in [-0.39, 0.29) is 17.9 Å². The molecule has 3 heterocycles. The Bertz CT molecular complexity index is 1490. The number of rotatable bonds is 6. The maximum Gasteiger partial charge on any atom is 0.272 e. The van der Waals surface area contributed by atoms with Crippen molar-refractivity contribution in [2.75, 3.05) is 0 Å². The summed E-state index contributed by atoms with van der Waals surface area (Å²) in [6.07, 6.45) is 6.39. The summed E-state index contributed by atoms with van der Waals surface area (Å²) in [4.78, 5) is 32.1. The van der Waals surface area contributed by atoms with Gasteiger partial charge >= 0.3 is 0 Å². The summed E-state index contributed by atoms with van der Waals surface area (Å²) in [5, 5.41) is 3.41. The Morgan fingerprint density at radius 2 is 1.84 bits per heavy atom. The normalized spacial score (nSPS) is 20.1. The molecule has 0 saturated heterocycles. The first-order valence-electron chi connectivity index (χ1n) is 13.5. The lowest BCUT2D eigenvalue weighted by atomic mass is 9.83. The molecule has 5 nitrogen and oxygen atoms in total. The van der Waals surface area contributed by atoms with Gasteiger partial charge in [-0.3, -0.25) is 9.59 Å². The van der Waals surface area contributed by atoms with E-state index in [0.29, 0.717) is 18.8 Å². The van der Waals surface area contributed by atoms with Crippen molar-refractivity contribution < 1.29 is 9.59 Å². The van der Waals surface area contributed by atoms with E-state index in [1.54, 1.807) is 11.3 Å². The molecule has 1 aliphatic carbocycles. The van der Waals surface area contributed by atoms with E-state index >= 15 is 0 Å². The molecule has 6 rings (SSSR count). The van der Waals surface area contributed by atoms with Gasteiger partial charge in [-0.05, 0) is 54.7 Å². The number of benzene rings is 2. The number of thiophene rings is 1. The van der Waals surface area contributed by atoms with Gasteiger partial charge in [-0.1, -0.05) is 84.6 Å². The van der Waals surface area contributed by atoms with Crippen molar-refractivity contribution in [3.63, 3.8) is 0 Å². The molecule has 1 N–H and O–H groups in total. The average Bonchev–Trinajstić information content (AvgIpc) is 3.49. The van der Waals surface area contributed by atoms with E-state index in [2.05, 4.69) is 38.8 Å². The molecule has 38 heavy (non-hydrogen) atoms. The van der Waals surface area contributed by atoms with E-state index in [1.165, 1.54) is 11.3 Å². The number of amides is 2. The highest BCUT2D eigenvalue weighted by molar-refractivity contribution is 9.10. The van der Waals surface area contributed by atoms with Gasteiger partial charge in [0.15, 0.2) is 5.54 Å². The fourth-order valence-electron chi connectivity index (χ4n) is 6.10. The number of carbonyl (C=O) groups is 2. The van der Waals surface area contributed by atoms with Crippen molar-refractivity contribution in [3.05, 3.63) is 92.9 Å². The Labute approximate surface area is 236 Å². The van der Waals surface area contributed by atoms with E-state index in [9.17, 15) is 9.59 Å². The number of aryl methyl sites for hydroxylation is 1. The van der Waals surface area contributed by atoms with E-state index in [4.69, 9.17) is 0 Å². The maximum absolute atomic E-state index is 14.6. The van der Waals surface area contributed by atoms with Gasteiger partial charge in [0.1, 0.15) is 5.69 Å². The smallest absolute Gasteiger partial charge is 0.272 e. The van der Waals surface area contributed by atoms with E-state index < -0.39 is 5.54 Å². The van der Waals surface area contributed by atoms with Crippen molar-refractivity contribution >= 4 is 49.3 Å². The Hall–Kier alpha value is -2.90. The van der Waals surface area contributed by atoms with Crippen molar-refractivity contribution in [2.45, 2.75) is 70.1 Å². The van der Waals surface area contributed by atoms with Crippen LogP contribution in [0.5, 0.6) is 0 Å². The predicted molar refractivity (Wildman–Crippen MR) is 156 cm³/mol. The minimum Gasteiger partial charge on any atom is -0.351 e. The van der Waals surface area contributed by atoms with Crippen LogP contribution in [0, 0.1) is 0 Å². The zero-order chi connectivity index (χ0) is 26.3. The Balaban J connectivity index is 1.53. The molecular formula is C31H32BrN3O2S. The molecule has 196 valence electrons. The third kappa shape index (κ3) is 4.39. The van der Waals surface area contributed by atoms with Crippen LogP contribution in [0.25, 0.3) is 10.2 Å². The molecule has 0 radical (unpaired) electrons. The first-order valence-corrected chi connectivity index (χ1v) is 15.2. The minimum atomic E-state index is -1.18. The van der Waals surface area contributed by atoms with Gasteiger partial charge in [-0.2, -0.15) is 0 Å². The molecule has 1 fully saturated rings. The second kappa shape index (κ2) is 10.3. The summed E-state index contributed by atoms with van der Waals surface area (Å²) in [6, 6.07) is 22.2. The number of aromatic nitrogens is 1. The van der Waals surface area contributed by atoms with Crippen LogP contribution in [-0.2, 0) is 29.8 Å². The zero-order valence-electron chi connectivity index (χ0n) is 21.6. The van der Waals surface area contributed by atoms with Crippen molar-refractivity contribution in [1.29, 1.82) is 0 Å². The average molecular weight is 591 g/mol. The minimum absolute atomic E-state index is 0.0857. The Kier molecular flexibility index (Phi) is 6.91. The summed E-state index contributed by atoms with van der Waals surface area (Å²) in [6.45, 7) is 2.87. The lowest BCUT2D eigenvalue weighted by molar-refractivity contribution is -0.136. The molecule has 1 atom stereocenters. The first kappa shape index (κ1) is 25.4. The van der Waals surface area contributed by atoms with Crippen LogP contribution in [0.3, 0.4) is 0 Å². The van der Waals surface area contributed by atoms with Gasteiger partial charge in [0, 0.05) is 21.9 Å². The summed E-state index contributed by atoms with van der Waals surface area (Å²) in [7, 11) is 0. The molecule has 4 aromatic rings. The number of nitrogens with one attached hydrogen (secondary N) is 1. The van der Waals surface area contributed by atoms with Gasteiger partial charge in [-0.15, -0.1) is 11.3 Å². The first-order chi connectivity index (χ1) is 18.5. The van der Waals surface area contributed by atoms with E-state index in [1.807, 2.05) is 65.6 Å². The number of fused-ring (bicyclic) bond motifs is 3. The maximum atomic E-state index is 14.6. The quantitative estimate of drug-likeness (QED) is 0.262. The topological polar surface area (TPSA) is 54.3 Å². The highest BCUT2D eigenvalue weighted by Crippen LogP contribution is 2.42. The van der Waals surface area contributed by atoms with Crippen LogP contribution in [0.15, 0.2) is 71.2 Å².